The summed E-state index contributed by atoms with van der Waals surface area (Å²) in [5.41, 5.74) is 1.71. The summed E-state index contributed by atoms with van der Waals surface area (Å²) in [7, 11) is 0. The van der Waals surface area contributed by atoms with Gasteiger partial charge in [0.2, 0.25) is 0 Å². The number of aromatic nitrogens is 2. The van der Waals surface area contributed by atoms with Crippen molar-refractivity contribution in [1.82, 2.24) is 15.3 Å². The van der Waals surface area contributed by atoms with Crippen LogP contribution in [0, 0.1) is 5.82 Å². The van der Waals surface area contributed by atoms with Crippen LogP contribution in [0.3, 0.4) is 0 Å². The molecule has 0 saturated heterocycles. The highest BCUT2D eigenvalue weighted by molar-refractivity contribution is 9.10. The summed E-state index contributed by atoms with van der Waals surface area (Å²) in [6, 6.07) is 7.04. The second-order valence-corrected chi connectivity index (χ2v) is 5.39. The van der Waals surface area contributed by atoms with Crippen LogP contribution in [-0.2, 0) is 6.54 Å². The zero-order valence-corrected chi connectivity index (χ0v) is 12.4. The SMILES string of the molecule is CC(C)NCc1ccnc(-c2ccc(F)c(Br)c2)n1. The Morgan fingerprint density at radius 2 is 2.11 bits per heavy atom. The molecule has 2 rings (SSSR count). The van der Waals surface area contributed by atoms with Crippen LogP contribution in [-0.4, -0.2) is 16.0 Å². The monoisotopic (exact) mass is 323 g/mol. The summed E-state index contributed by atoms with van der Waals surface area (Å²) in [6.07, 6.45) is 1.72. The first-order valence-corrected chi connectivity index (χ1v) is 6.86. The van der Waals surface area contributed by atoms with Gasteiger partial charge in [0.05, 0.1) is 10.2 Å². The molecule has 19 heavy (non-hydrogen) atoms. The number of nitrogens with zero attached hydrogens (tertiary/aromatic N) is 2. The lowest BCUT2D eigenvalue weighted by Crippen LogP contribution is -2.22. The summed E-state index contributed by atoms with van der Waals surface area (Å²) < 4.78 is 13.6. The zero-order valence-electron chi connectivity index (χ0n) is 10.8. The van der Waals surface area contributed by atoms with Gasteiger partial charge < -0.3 is 5.32 Å². The van der Waals surface area contributed by atoms with Crippen LogP contribution in [0.25, 0.3) is 11.4 Å². The van der Waals surface area contributed by atoms with E-state index in [4.69, 9.17) is 0 Å². The molecule has 0 atom stereocenters. The fourth-order valence-electron chi connectivity index (χ4n) is 1.58. The minimum Gasteiger partial charge on any atom is -0.309 e. The molecule has 1 heterocycles. The fraction of sp³-hybridized carbons (Fsp3) is 0.286. The van der Waals surface area contributed by atoms with Gasteiger partial charge in [0.15, 0.2) is 5.82 Å². The Morgan fingerprint density at radius 1 is 1.32 bits per heavy atom. The Morgan fingerprint density at radius 3 is 2.79 bits per heavy atom. The third-order valence-corrected chi connectivity index (χ3v) is 3.19. The van der Waals surface area contributed by atoms with Gasteiger partial charge in [-0.15, -0.1) is 0 Å². The van der Waals surface area contributed by atoms with Gasteiger partial charge in [-0.3, -0.25) is 0 Å². The molecule has 0 bridgehead atoms. The van der Waals surface area contributed by atoms with E-state index >= 15 is 0 Å². The first-order chi connectivity index (χ1) is 9.06. The number of hydrogen-bond acceptors (Lipinski definition) is 3. The predicted molar refractivity (Wildman–Crippen MR) is 77.1 cm³/mol. The molecule has 0 aliphatic rings. The van der Waals surface area contributed by atoms with E-state index in [9.17, 15) is 4.39 Å². The van der Waals surface area contributed by atoms with E-state index < -0.39 is 0 Å². The van der Waals surface area contributed by atoms with Crippen LogP contribution in [0.15, 0.2) is 34.9 Å². The first kappa shape index (κ1) is 14.1. The lowest BCUT2D eigenvalue weighted by Gasteiger charge is -2.08. The van der Waals surface area contributed by atoms with Crippen LogP contribution >= 0.6 is 15.9 Å². The summed E-state index contributed by atoms with van der Waals surface area (Å²) in [4.78, 5) is 8.69. The molecule has 1 aromatic carbocycles. The first-order valence-electron chi connectivity index (χ1n) is 6.07. The van der Waals surface area contributed by atoms with Crippen molar-refractivity contribution in [3.8, 4) is 11.4 Å². The van der Waals surface area contributed by atoms with Crippen molar-refractivity contribution in [2.75, 3.05) is 0 Å². The summed E-state index contributed by atoms with van der Waals surface area (Å²) in [5.74, 6) is 0.310. The molecule has 0 fully saturated rings. The largest absolute Gasteiger partial charge is 0.309 e. The minimum absolute atomic E-state index is 0.290. The molecule has 0 amide bonds. The molecule has 0 unspecified atom stereocenters. The summed E-state index contributed by atoms with van der Waals surface area (Å²) in [6.45, 7) is 4.86. The molecule has 5 heteroatoms. The standard InChI is InChI=1S/C14H15BrFN3/c1-9(2)18-8-11-5-6-17-14(19-11)10-3-4-13(16)12(15)7-10/h3-7,9,18H,8H2,1-2H3. The van der Waals surface area contributed by atoms with Gasteiger partial charge in [0, 0.05) is 24.3 Å². The van der Waals surface area contributed by atoms with E-state index in [0.717, 1.165) is 11.3 Å². The minimum atomic E-state index is -0.290. The fourth-order valence-corrected chi connectivity index (χ4v) is 1.96. The van der Waals surface area contributed by atoms with Crippen LogP contribution in [0.5, 0.6) is 0 Å². The second-order valence-electron chi connectivity index (χ2n) is 4.54. The lowest BCUT2D eigenvalue weighted by molar-refractivity contribution is 0.581. The van der Waals surface area contributed by atoms with Crippen molar-refractivity contribution < 1.29 is 4.39 Å². The number of hydrogen-bond donors (Lipinski definition) is 1. The number of nitrogens with one attached hydrogen (secondary N) is 1. The second kappa shape index (κ2) is 6.21. The lowest BCUT2D eigenvalue weighted by atomic mass is 10.2. The van der Waals surface area contributed by atoms with Gasteiger partial charge in [-0.05, 0) is 40.2 Å². The molecule has 0 aliphatic carbocycles. The third kappa shape index (κ3) is 3.81. The Kier molecular flexibility index (Phi) is 4.61. The van der Waals surface area contributed by atoms with Crippen LogP contribution in [0.2, 0.25) is 0 Å². The predicted octanol–water partition coefficient (Wildman–Crippen LogP) is 3.54. The van der Waals surface area contributed by atoms with E-state index in [-0.39, 0.29) is 5.82 Å². The zero-order chi connectivity index (χ0) is 13.8. The molecular formula is C14H15BrFN3. The molecule has 1 aromatic heterocycles. The average molecular weight is 324 g/mol. The van der Waals surface area contributed by atoms with Crippen molar-refractivity contribution in [2.24, 2.45) is 0 Å². The maximum Gasteiger partial charge on any atom is 0.159 e. The van der Waals surface area contributed by atoms with Gasteiger partial charge in [0.25, 0.3) is 0 Å². The molecule has 0 aliphatic heterocycles. The smallest absolute Gasteiger partial charge is 0.159 e. The van der Waals surface area contributed by atoms with Crippen LogP contribution < -0.4 is 5.32 Å². The highest BCUT2D eigenvalue weighted by atomic mass is 79.9. The molecule has 3 nitrogen and oxygen atoms in total. The van der Waals surface area contributed by atoms with Crippen molar-refractivity contribution in [1.29, 1.82) is 0 Å². The molecule has 0 spiro atoms. The Labute approximate surface area is 120 Å². The Bertz CT molecular complexity index is 572. The van der Waals surface area contributed by atoms with Crippen molar-refractivity contribution >= 4 is 15.9 Å². The topological polar surface area (TPSA) is 37.8 Å². The quantitative estimate of drug-likeness (QED) is 0.935. The van der Waals surface area contributed by atoms with Crippen molar-refractivity contribution in [3.05, 3.63) is 46.4 Å². The third-order valence-electron chi connectivity index (χ3n) is 2.58. The normalized spacial score (nSPS) is 11.0. The van der Waals surface area contributed by atoms with Crippen molar-refractivity contribution in [3.63, 3.8) is 0 Å². The molecular weight excluding hydrogens is 309 g/mol. The Balaban J connectivity index is 2.24. The number of rotatable bonds is 4. The van der Waals surface area contributed by atoms with Gasteiger partial charge in [-0.2, -0.15) is 0 Å². The van der Waals surface area contributed by atoms with Gasteiger partial charge >= 0.3 is 0 Å². The molecule has 2 aromatic rings. The van der Waals surface area contributed by atoms with E-state index in [0.29, 0.717) is 22.9 Å². The Hall–Kier alpha value is -1.33. The number of halogens is 2. The van der Waals surface area contributed by atoms with Crippen LogP contribution in [0.4, 0.5) is 4.39 Å². The summed E-state index contributed by atoms with van der Waals surface area (Å²) >= 11 is 3.17. The molecule has 1 N–H and O–H groups in total. The van der Waals surface area contributed by atoms with Gasteiger partial charge in [-0.25, -0.2) is 14.4 Å². The maximum absolute atomic E-state index is 13.2. The van der Waals surface area contributed by atoms with E-state index in [1.54, 1.807) is 18.3 Å². The molecule has 100 valence electrons. The highest BCUT2D eigenvalue weighted by Crippen LogP contribution is 2.22. The molecule has 0 radical (unpaired) electrons. The average Bonchev–Trinajstić information content (AvgIpc) is 2.40. The van der Waals surface area contributed by atoms with Crippen LogP contribution in [0.1, 0.15) is 19.5 Å². The van der Waals surface area contributed by atoms with Crippen molar-refractivity contribution in [2.45, 2.75) is 26.4 Å². The van der Waals surface area contributed by atoms with E-state index in [1.165, 1.54) is 6.07 Å². The number of benzene rings is 1. The van der Waals surface area contributed by atoms with Gasteiger partial charge in [0.1, 0.15) is 5.82 Å². The molecule has 0 saturated carbocycles. The highest BCUT2D eigenvalue weighted by Gasteiger charge is 2.06. The van der Waals surface area contributed by atoms with E-state index in [2.05, 4.69) is 45.1 Å². The van der Waals surface area contributed by atoms with Gasteiger partial charge in [-0.1, -0.05) is 13.8 Å². The summed E-state index contributed by atoms with van der Waals surface area (Å²) in [5, 5.41) is 3.30. The van der Waals surface area contributed by atoms with E-state index in [1.807, 2.05) is 6.07 Å². The maximum atomic E-state index is 13.2.